The van der Waals surface area contributed by atoms with E-state index in [9.17, 15) is 9.59 Å². The number of H-pyrrole nitrogens is 1. The largest absolute Gasteiger partial charge is 0.328 e. The molecule has 0 aliphatic heterocycles. The van der Waals surface area contributed by atoms with E-state index in [0.717, 1.165) is 12.8 Å². The number of nitrogens with zero attached hydrogens (tertiary/aromatic N) is 1. The second-order valence-corrected chi connectivity index (χ2v) is 5.08. The highest BCUT2D eigenvalue weighted by Crippen LogP contribution is 2.07. The zero-order valence-electron chi connectivity index (χ0n) is 12.2. The highest BCUT2D eigenvalue weighted by molar-refractivity contribution is 5.03. The van der Waals surface area contributed by atoms with E-state index in [0.29, 0.717) is 18.5 Å². The van der Waals surface area contributed by atoms with Crippen molar-refractivity contribution >= 4 is 0 Å². The van der Waals surface area contributed by atoms with E-state index in [4.69, 9.17) is 0 Å². The Kier molecular flexibility index (Phi) is 7.23. The Hall–Kier alpha value is -1.32. The first kappa shape index (κ1) is 15.7. The second-order valence-electron chi connectivity index (χ2n) is 5.08. The average Bonchev–Trinajstić information content (AvgIpc) is 2.40. The molecule has 0 bridgehead atoms. The molecule has 1 heterocycles. The van der Waals surface area contributed by atoms with Gasteiger partial charge in [0.15, 0.2) is 0 Å². The molecule has 0 radical (unpaired) electrons. The van der Waals surface area contributed by atoms with Gasteiger partial charge in [-0.1, -0.05) is 52.4 Å². The maximum absolute atomic E-state index is 11.6. The van der Waals surface area contributed by atoms with Crippen LogP contribution in [0.4, 0.5) is 0 Å². The lowest BCUT2D eigenvalue weighted by molar-refractivity contribution is 0.535. The summed E-state index contributed by atoms with van der Waals surface area (Å²) in [5.41, 5.74) is 0.152. The number of aromatic amines is 1. The van der Waals surface area contributed by atoms with Crippen LogP contribution in [0.15, 0.2) is 15.8 Å². The molecule has 0 atom stereocenters. The standard InChI is InChI=1S/C15H26N2O2/c1-3-5-6-7-8-9-10-11-17-12-13(4-2)14(18)16-15(17)19/h12H,3-11H2,1-2H3,(H,16,18,19). The van der Waals surface area contributed by atoms with Crippen molar-refractivity contribution in [2.75, 3.05) is 0 Å². The molecule has 0 amide bonds. The van der Waals surface area contributed by atoms with E-state index in [1.54, 1.807) is 10.8 Å². The van der Waals surface area contributed by atoms with Gasteiger partial charge in [0.25, 0.3) is 5.56 Å². The Labute approximate surface area is 114 Å². The molecule has 0 aromatic carbocycles. The van der Waals surface area contributed by atoms with Gasteiger partial charge in [0.05, 0.1) is 0 Å². The van der Waals surface area contributed by atoms with Crippen LogP contribution in [0, 0.1) is 0 Å². The van der Waals surface area contributed by atoms with Crippen LogP contribution >= 0.6 is 0 Å². The third-order valence-corrected chi connectivity index (χ3v) is 3.47. The molecule has 0 spiro atoms. The first-order chi connectivity index (χ1) is 9.19. The summed E-state index contributed by atoms with van der Waals surface area (Å²) in [6.07, 6.45) is 10.9. The molecular formula is C15H26N2O2. The number of aryl methyl sites for hydroxylation is 2. The number of hydrogen-bond acceptors (Lipinski definition) is 2. The highest BCUT2D eigenvalue weighted by Gasteiger charge is 2.02. The molecule has 4 heteroatoms. The number of rotatable bonds is 9. The number of unbranched alkanes of at least 4 members (excludes halogenated alkanes) is 6. The minimum atomic E-state index is -0.284. The van der Waals surface area contributed by atoms with Crippen LogP contribution in [0.3, 0.4) is 0 Å². The summed E-state index contributed by atoms with van der Waals surface area (Å²) in [6.45, 7) is 4.84. The van der Waals surface area contributed by atoms with Gasteiger partial charge >= 0.3 is 5.69 Å². The van der Waals surface area contributed by atoms with E-state index >= 15 is 0 Å². The molecule has 1 rings (SSSR count). The van der Waals surface area contributed by atoms with Gasteiger partial charge in [-0.15, -0.1) is 0 Å². The van der Waals surface area contributed by atoms with E-state index in [2.05, 4.69) is 11.9 Å². The number of hydrogen-bond donors (Lipinski definition) is 1. The Bertz CT molecular complexity index is 474. The summed E-state index contributed by atoms with van der Waals surface area (Å²) in [5, 5.41) is 0. The zero-order chi connectivity index (χ0) is 14.1. The number of aromatic nitrogens is 2. The molecule has 0 saturated heterocycles. The molecule has 0 aliphatic rings. The zero-order valence-corrected chi connectivity index (χ0v) is 12.2. The maximum Gasteiger partial charge on any atom is 0.328 e. The maximum atomic E-state index is 11.6. The predicted molar refractivity (Wildman–Crippen MR) is 78.7 cm³/mol. The van der Waals surface area contributed by atoms with E-state index < -0.39 is 0 Å². The van der Waals surface area contributed by atoms with E-state index in [1.165, 1.54) is 32.1 Å². The fraction of sp³-hybridized carbons (Fsp3) is 0.733. The molecule has 0 unspecified atom stereocenters. The van der Waals surface area contributed by atoms with Gasteiger partial charge in [-0.3, -0.25) is 9.78 Å². The second kappa shape index (κ2) is 8.73. The fourth-order valence-corrected chi connectivity index (χ4v) is 2.21. The average molecular weight is 266 g/mol. The van der Waals surface area contributed by atoms with Crippen LogP contribution < -0.4 is 11.2 Å². The summed E-state index contributed by atoms with van der Waals surface area (Å²) in [6, 6.07) is 0. The van der Waals surface area contributed by atoms with E-state index in [-0.39, 0.29) is 11.2 Å². The van der Waals surface area contributed by atoms with Gasteiger partial charge in [0, 0.05) is 18.3 Å². The van der Waals surface area contributed by atoms with Crippen LogP contribution in [0.1, 0.15) is 64.4 Å². The van der Waals surface area contributed by atoms with Crippen molar-refractivity contribution in [1.29, 1.82) is 0 Å². The summed E-state index contributed by atoms with van der Waals surface area (Å²) in [7, 11) is 0. The summed E-state index contributed by atoms with van der Waals surface area (Å²) in [4.78, 5) is 25.4. The predicted octanol–water partition coefficient (Wildman–Crippen LogP) is 2.85. The highest BCUT2D eigenvalue weighted by atomic mass is 16.2. The molecule has 1 aromatic rings. The monoisotopic (exact) mass is 266 g/mol. The van der Waals surface area contributed by atoms with Gasteiger partial charge in [-0.25, -0.2) is 4.79 Å². The fourth-order valence-electron chi connectivity index (χ4n) is 2.21. The molecule has 4 nitrogen and oxygen atoms in total. The van der Waals surface area contributed by atoms with Gasteiger partial charge in [0.1, 0.15) is 0 Å². The minimum absolute atomic E-state index is 0.247. The van der Waals surface area contributed by atoms with Crippen molar-refractivity contribution < 1.29 is 0 Å². The Morgan fingerprint density at radius 3 is 2.26 bits per heavy atom. The first-order valence-corrected chi connectivity index (χ1v) is 7.51. The van der Waals surface area contributed by atoms with Crippen molar-refractivity contribution in [3.63, 3.8) is 0 Å². The Morgan fingerprint density at radius 1 is 1.00 bits per heavy atom. The first-order valence-electron chi connectivity index (χ1n) is 7.51. The van der Waals surface area contributed by atoms with Crippen LogP contribution in [0.2, 0.25) is 0 Å². The minimum Gasteiger partial charge on any atom is -0.300 e. The molecule has 19 heavy (non-hydrogen) atoms. The lowest BCUT2D eigenvalue weighted by atomic mass is 10.1. The van der Waals surface area contributed by atoms with Crippen molar-refractivity contribution in [2.24, 2.45) is 0 Å². The van der Waals surface area contributed by atoms with Crippen molar-refractivity contribution in [3.05, 3.63) is 32.6 Å². The molecule has 0 aliphatic carbocycles. The van der Waals surface area contributed by atoms with Crippen LogP contribution in [0.5, 0.6) is 0 Å². The number of nitrogens with one attached hydrogen (secondary N) is 1. The normalized spacial score (nSPS) is 10.8. The third kappa shape index (κ3) is 5.45. The summed E-state index contributed by atoms with van der Waals surface area (Å²) < 4.78 is 1.63. The summed E-state index contributed by atoms with van der Waals surface area (Å²) in [5.74, 6) is 0. The quantitative estimate of drug-likeness (QED) is 0.699. The van der Waals surface area contributed by atoms with Gasteiger partial charge in [-0.05, 0) is 12.8 Å². The molecule has 1 N–H and O–H groups in total. The van der Waals surface area contributed by atoms with Crippen LogP contribution in [0.25, 0.3) is 0 Å². The molecule has 1 aromatic heterocycles. The molecular weight excluding hydrogens is 240 g/mol. The molecule has 108 valence electrons. The smallest absolute Gasteiger partial charge is 0.300 e. The topological polar surface area (TPSA) is 54.9 Å². The van der Waals surface area contributed by atoms with Crippen molar-refractivity contribution in [3.8, 4) is 0 Å². The summed E-state index contributed by atoms with van der Waals surface area (Å²) >= 11 is 0. The van der Waals surface area contributed by atoms with Crippen molar-refractivity contribution in [2.45, 2.75) is 71.8 Å². The Balaban J connectivity index is 2.37. The SMILES string of the molecule is CCCCCCCCCn1cc(CC)c(=O)[nH]c1=O. The lowest BCUT2D eigenvalue weighted by Crippen LogP contribution is -2.31. The van der Waals surface area contributed by atoms with Crippen LogP contribution in [-0.2, 0) is 13.0 Å². The van der Waals surface area contributed by atoms with Gasteiger partial charge in [-0.2, -0.15) is 0 Å². The van der Waals surface area contributed by atoms with Gasteiger partial charge < -0.3 is 4.57 Å². The molecule has 0 fully saturated rings. The lowest BCUT2D eigenvalue weighted by Gasteiger charge is -2.06. The van der Waals surface area contributed by atoms with Gasteiger partial charge in [0.2, 0.25) is 0 Å². The molecule has 0 saturated carbocycles. The Morgan fingerprint density at radius 2 is 1.63 bits per heavy atom. The van der Waals surface area contributed by atoms with Crippen LogP contribution in [-0.4, -0.2) is 9.55 Å². The van der Waals surface area contributed by atoms with Crippen molar-refractivity contribution in [1.82, 2.24) is 9.55 Å². The van der Waals surface area contributed by atoms with E-state index in [1.807, 2.05) is 6.92 Å². The third-order valence-electron chi connectivity index (χ3n) is 3.47.